The van der Waals surface area contributed by atoms with Gasteiger partial charge in [-0.2, -0.15) is 5.10 Å². The van der Waals surface area contributed by atoms with E-state index in [1.54, 1.807) is 0 Å². The lowest BCUT2D eigenvalue weighted by Gasteiger charge is -2.12. The molecule has 0 unspecified atom stereocenters. The molecule has 3 heteroatoms. The summed E-state index contributed by atoms with van der Waals surface area (Å²) in [7, 11) is 1.97. The molecular formula is C12H21N3. The van der Waals surface area contributed by atoms with Crippen LogP contribution in [-0.2, 0) is 7.05 Å². The molecular weight excluding hydrogens is 186 g/mol. The minimum Gasteiger partial charge on any atom is -0.313 e. The summed E-state index contributed by atoms with van der Waals surface area (Å²) in [6.07, 6.45) is 4.05. The summed E-state index contributed by atoms with van der Waals surface area (Å²) < 4.78 is 1.90. The zero-order valence-corrected chi connectivity index (χ0v) is 10.1. The number of rotatable bonds is 5. The van der Waals surface area contributed by atoms with Crippen molar-refractivity contribution in [3.05, 3.63) is 23.5 Å². The summed E-state index contributed by atoms with van der Waals surface area (Å²) in [6.45, 7) is 8.54. The summed E-state index contributed by atoms with van der Waals surface area (Å²) in [5, 5.41) is 7.52. The summed E-state index contributed by atoms with van der Waals surface area (Å²) in [5.41, 5.74) is 2.58. The molecule has 1 N–H and O–H groups in total. The van der Waals surface area contributed by atoms with Crippen LogP contribution in [0.25, 0.3) is 6.08 Å². The first-order valence-electron chi connectivity index (χ1n) is 5.54. The highest BCUT2D eigenvalue weighted by molar-refractivity contribution is 5.49. The van der Waals surface area contributed by atoms with Crippen molar-refractivity contribution in [2.45, 2.75) is 20.8 Å². The van der Waals surface area contributed by atoms with Crippen molar-refractivity contribution in [3.8, 4) is 0 Å². The van der Waals surface area contributed by atoms with Crippen LogP contribution in [0.3, 0.4) is 0 Å². The smallest absolute Gasteiger partial charge is 0.0606 e. The first-order chi connectivity index (χ1) is 7.15. The Hall–Kier alpha value is -1.09. The molecule has 0 saturated carbocycles. The Bertz CT molecular complexity index is 323. The average molecular weight is 207 g/mol. The predicted molar refractivity (Wildman–Crippen MR) is 64.6 cm³/mol. The third kappa shape index (κ3) is 3.51. The van der Waals surface area contributed by atoms with Crippen molar-refractivity contribution in [2.75, 3.05) is 13.1 Å². The molecule has 0 bridgehead atoms. The molecule has 0 aliphatic rings. The lowest BCUT2D eigenvalue weighted by Crippen LogP contribution is -2.18. The van der Waals surface area contributed by atoms with Gasteiger partial charge in [-0.3, -0.25) is 4.68 Å². The van der Waals surface area contributed by atoms with Gasteiger partial charge < -0.3 is 5.32 Å². The summed E-state index contributed by atoms with van der Waals surface area (Å²) in [6, 6.07) is 2.04. The molecule has 84 valence electrons. The Morgan fingerprint density at radius 1 is 1.60 bits per heavy atom. The molecule has 0 saturated heterocycles. The number of hydrogen-bond acceptors (Lipinski definition) is 2. The molecule has 1 heterocycles. The average Bonchev–Trinajstić information content (AvgIpc) is 2.58. The minimum atomic E-state index is 0.568. The maximum atomic E-state index is 4.16. The molecule has 3 nitrogen and oxygen atoms in total. The Kier molecular flexibility index (Phi) is 4.56. The van der Waals surface area contributed by atoms with Crippen LogP contribution in [-0.4, -0.2) is 22.9 Å². The fourth-order valence-corrected chi connectivity index (χ4v) is 1.41. The molecule has 0 spiro atoms. The second-order valence-corrected chi connectivity index (χ2v) is 4.03. The lowest BCUT2D eigenvalue weighted by molar-refractivity contribution is 0.680. The van der Waals surface area contributed by atoms with Gasteiger partial charge in [0, 0.05) is 19.8 Å². The van der Waals surface area contributed by atoms with Crippen LogP contribution >= 0.6 is 0 Å². The number of likely N-dealkylation sites (N-methyl/N-ethyl adjacent to an activating group) is 1. The van der Waals surface area contributed by atoms with Gasteiger partial charge in [-0.25, -0.2) is 0 Å². The molecule has 0 radical (unpaired) electrons. The molecule has 1 aromatic rings. The molecule has 0 aromatic carbocycles. The van der Waals surface area contributed by atoms with Crippen LogP contribution in [0, 0.1) is 5.92 Å². The zero-order valence-electron chi connectivity index (χ0n) is 10.1. The van der Waals surface area contributed by atoms with Crippen molar-refractivity contribution in [1.82, 2.24) is 15.1 Å². The number of aryl methyl sites for hydroxylation is 1. The summed E-state index contributed by atoms with van der Waals surface area (Å²) in [5.74, 6) is 0.568. The predicted octanol–water partition coefficient (Wildman–Crippen LogP) is 2.07. The third-order valence-electron chi connectivity index (χ3n) is 2.51. The fraction of sp³-hybridized carbons (Fsp3) is 0.583. The fourth-order valence-electron chi connectivity index (χ4n) is 1.41. The molecule has 0 aliphatic heterocycles. The summed E-state index contributed by atoms with van der Waals surface area (Å²) in [4.78, 5) is 0. The molecule has 0 aliphatic carbocycles. The van der Waals surface area contributed by atoms with Gasteiger partial charge in [0.05, 0.1) is 5.69 Å². The quantitative estimate of drug-likeness (QED) is 0.801. The van der Waals surface area contributed by atoms with Gasteiger partial charge in [-0.05, 0) is 24.6 Å². The van der Waals surface area contributed by atoms with Crippen molar-refractivity contribution < 1.29 is 0 Å². The maximum Gasteiger partial charge on any atom is 0.0606 e. The Labute approximate surface area is 92.2 Å². The topological polar surface area (TPSA) is 29.9 Å². The van der Waals surface area contributed by atoms with E-state index in [0.717, 1.165) is 18.8 Å². The Balaban J connectivity index is 2.79. The number of hydrogen-bond donors (Lipinski definition) is 1. The van der Waals surface area contributed by atoms with E-state index in [1.807, 2.05) is 24.0 Å². The molecule has 0 atom stereocenters. The highest BCUT2D eigenvalue weighted by Gasteiger charge is 2.04. The van der Waals surface area contributed by atoms with Gasteiger partial charge in [0.2, 0.25) is 0 Å². The van der Waals surface area contributed by atoms with Crippen LogP contribution in [0.15, 0.2) is 17.8 Å². The first kappa shape index (κ1) is 12.0. The van der Waals surface area contributed by atoms with Crippen LogP contribution < -0.4 is 5.32 Å². The van der Waals surface area contributed by atoms with E-state index >= 15 is 0 Å². The van der Waals surface area contributed by atoms with Crippen LogP contribution in [0.5, 0.6) is 0 Å². The van der Waals surface area contributed by atoms with E-state index in [-0.39, 0.29) is 0 Å². The highest BCUT2D eigenvalue weighted by Crippen LogP contribution is 2.13. The molecule has 0 amide bonds. The second-order valence-electron chi connectivity index (χ2n) is 4.03. The molecule has 15 heavy (non-hydrogen) atoms. The van der Waals surface area contributed by atoms with E-state index in [0.29, 0.717) is 5.92 Å². The highest BCUT2D eigenvalue weighted by atomic mass is 15.2. The molecule has 0 fully saturated rings. The van der Waals surface area contributed by atoms with Crippen LogP contribution in [0.1, 0.15) is 26.5 Å². The van der Waals surface area contributed by atoms with E-state index in [9.17, 15) is 0 Å². The van der Waals surface area contributed by atoms with Gasteiger partial charge in [0.1, 0.15) is 0 Å². The first-order valence-corrected chi connectivity index (χ1v) is 5.54. The monoisotopic (exact) mass is 207 g/mol. The third-order valence-corrected chi connectivity index (χ3v) is 2.51. The number of aromatic nitrogens is 2. The van der Waals surface area contributed by atoms with Crippen LogP contribution in [0.4, 0.5) is 0 Å². The SMILES string of the molecule is CCNCC(=Cc1ccnn1C)C(C)C. The number of nitrogens with zero attached hydrogens (tertiary/aromatic N) is 2. The van der Waals surface area contributed by atoms with Crippen molar-refractivity contribution in [1.29, 1.82) is 0 Å². The standard InChI is InChI=1S/C12H21N3/c1-5-13-9-11(10(2)3)8-12-6-7-14-15(12)4/h6-8,10,13H,5,9H2,1-4H3. The zero-order chi connectivity index (χ0) is 11.3. The molecule has 1 aromatic heterocycles. The number of nitrogens with one attached hydrogen (secondary N) is 1. The van der Waals surface area contributed by atoms with E-state index in [1.165, 1.54) is 5.57 Å². The van der Waals surface area contributed by atoms with Gasteiger partial charge in [-0.15, -0.1) is 0 Å². The van der Waals surface area contributed by atoms with Crippen molar-refractivity contribution in [3.63, 3.8) is 0 Å². The second kappa shape index (κ2) is 5.71. The van der Waals surface area contributed by atoms with Gasteiger partial charge >= 0.3 is 0 Å². The normalized spacial score (nSPS) is 12.5. The van der Waals surface area contributed by atoms with E-state index in [2.05, 4.69) is 37.3 Å². The minimum absolute atomic E-state index is 0.568. The van der Waals surface area contributed by atoms with Crippen molar-refractivity contribution in [2.24, 2.45) is 13.0 Å². The van der Waals surface area contributed by atoms with Gasteiger partial charge in [0.15, 0.2) is 0 Å². The van der Waals surface area contributed by atoms with Gasteiger partial charge in [0.25, 0.3) is 0 Å². The summed E-state index contributed by atoms with van der Waals surface area (Å²) >= 11 is 0. The largest absolute Gasteiger partial charge is 0.313 e. The van der Waals surface area contributed by atoms with Crippen molar-refractivity contribution >= 4 is 6.08 Å². The van der Waals surface area contributed by atoms with Gasteiger partial charge in [-0.1, -0.05) is 26.3 Å². The van der Waals surface area contributed by atoms with E-state index in [4.69, 9.17) is 0 Å². The molecule has 1 rings (SSSR count). The lowest BCUT2D eigenvalue weighted by atomic mass is 10.0. The van der Waals surface area contributed by atoms with Crippen LogP contribution in [0.2, 0.25) is 0 Å². The Morgan fingerprint density at radius 2 is 2.33 bits per heavy atom. The van der Waals surface area contributed by atoms with E-state index < -0.39 is 0 Å². The Morgan fingerprint density at radius 3 is 2.80 bits per heavy atom. The maximum absolute atomic E-state index is 4.16.